The van der Waals surface area contributed by atoms with Gasteiger partial charge in [0, 0.05) is 12.4 Å². The topological polar surface area (TPSA) is 63.0 Å². The molecule has 0 saturated heterocycles. The quantitative estimate of drug-likeness (QED) is 0.526. The van der Waals surface area contributed by atoms with Crippen molar-refractivity contribution in [2.75, 3.05) is 0 Å². The van der Waals surface area contributed by atoms with Crippen molar-refractivity contribution < 1.29 is 0 Å². The van der Waals surface area contributed by atoms with E-state index in [2.05, 4.69) is 15.2 Å². The molecular weight excluding hydrogens is 132 g/mol. The number of nitrogens with zero attached hydrogens (tertiary/aromatic N) is 3. The van der Waals surface area contributed by atoms with Crippen molar-refractivity contribution in [1.82, 2.24) is 19.6 Å². The van der Waals surface area contributed by atoms with Gasteiger partial charge in [0.2, 0.25) is 5.78 Å². The Hall–Kier alpha value is -1.65. The van der Waals surface area contributed by atoms with Crippen LogP contribution in [-0.2, 0) is 0 Å². The molecule has 0 fully saturated rings. The summed E-state index contributed by atoms with van der Waals surface area (Å²) < 4.78 is 1.38. The van der Waals surface area contributed by atoms with Crippen molar-refractivity contribution in [3.05, 3.63) is 28.9 Å². The number of aromatic nitrogens is 4. The highest BCUT2D eigenvalue weighted by atomic mass is 16.1. The Morgan fingerprint density at radius 2 is 2.50 bits per heavy atom. The van der Waals surface area contributed by atoms with Crippen LogP contribution in [0.5, 0.6) is 0 Å². The number of fused-ring (bicyclic) bond motifs is 1. The summed E-state index contributed by atoms with van der Waals surface area (Å²) in [5.74, 6) is 0.465. The number of hydrogen-bond donors (Lipinski definition) is 1. The van der Waals surface area contributed by atoms with E-state index in [1.165, 1.54) is 16.8 Å². The fraction of sp³-hybridized carbons (Fsp3) is 0. The van der Waals surface area contributed by atoms with E-state index in [0.29, 0.717) is 5.78 Å². The van der Waals surface area contributed by atoms with Gasteiger partial charge < -0.3 is 0 Å². The van der Waals surface area contributed by atoms with E-state index < -0.39 is 0 Å². The molecular formula is C5H4N4O. The number of hydrogen-bond acceptors (Lipinski definition) is 3. The average Bonchev–Trinajstić information content (AvgIpc) is 2.36. The van der Waals surface area contributed by atoms with E-state index in [1.54, 1.807) is 6.20 Å². The SMILES string of the molecule is O=c1cn[nH]c2nccn12. The normalized spacial score (nSPS) is 10.4. The van der Waals surface area contributed by atoms with Crippen molar-refractivity contribution in [2.45, 2.75) is 0 Å². The smallest absolute Gasteiger partial charge is 0.267 e. The molecule has 2 aromatic heterocycles. The second-order valence-corrected chi connectivity index (χ2v) is 1.83. The van der Waals surface area contributed by atoms with Gasteiger partial charge in [0.05, 0.1) is 0 Å². The van der Waals surface area contributed by atoms with E-state index in [-0.39, 0.29) is 5.56 Å². The lowest BCUT2D eigenvalue weighted by Crippen LogP contribution is -2.12. The van der Waals surface area contributed by atoms with Crippen LogP contribution in [0.3, 0.4) is 0 Å². The first-order valence-electron chi connectivity index (χ1n) is 2.75. The molecule has 0 unspecified atom stereocenters. The van der Waals surface area contributed by atoms with Crippen LogP contribution < -0.4 is 5.56 Å². The third-order valence-electron chi connectivity index (χ3n) is 1.22. The third-order valence-corrected chi connectivity index (χ3v) is 1.22. The van der Waals surface area contributed by atoms with Gasteiger partial charge in [-0.1, -0.05) is 0 Å². The van der Waals surface area contributed by atoms with Crippen LogP contribution in [0.15, 0.2) is 23.4 Å². The number of aromatic amines is 1. The van der Waals surface area contributed by atoms with Gasteiger partial charge in [-0.25, -0.2) is 14.5 Å². The van der Waals surface area contributed by atoms with Crippen molar-refractivity contribution in [3.8, 4) is 0 Å². The maximum absolute atomic E-state index is 10.9. The molecule has 2 aromatic rings. The predicted molar refractivity (Wildman–Crippen MR) is 33.6 cm³/mol. The first-order chi connectivity index (χ1) is 4.88. The van der Waals surface area contributed by atoms with Gasteiger partial charge in [-0.15, -0.1) is 0 Å². The minimum atomic E-state index is -0.175. The molecule has 0 amide bonds. The Morgan fingerprint density at radius 1 is 1.60 bits per heavy atom. The average molecular weight is 136 g/mol. The first kappa shape index (κ1) is 5.16. The zero-order valence-corrected chi connectivity index (χ0v) is 4.98. The summed E-state index contributed by atoms with van der Waals surface area (Å²) in [7, 11) is 0. The van der Waals surface area contributed by atoms with Crippen LogP contribution in [-0.4, -0.2) is 19.6 Å². The largest absolute Gasteiger partial charge is 0.277 e. The number of nitrogens with one attached hydrogen (secondary N) is 1. The van der Waals surface area contributed by atoms with Gasteiger partial charge in [-0.2, -0.15) is 5.10 Å². The number of H-pyrrole nitrogens is 1. The highest BCUT2D eigenvalue weighted by Crippen LogP contribution is 1.85. The molecule has 50 valence electrons. The molecule has 0 aliphatic heterocycles. The summed E-state index contributed by atoms with van der Waals surface area (Å²) in [6.07, 6.45) is 4.32. The third kappa shape index (κ3) is 0.540. The minimum absolute atomic E-state index is 0.175. The molecule has 0 atom stereocenters. The summed E-state index contributed by atoms with van der Waals surface area (Å²) in [5, 5.41) is 6.14. The van der Waals surface area contributed by atoms with Crippen molar-refractivity contribution in [3.63, 3.8) is 0 Å². The second kappa shape index (κ2) is 1.66. The Bertz CT molecular complexity index is 401. The molecule has 5 heteroatoms. The Morgan fingerprint density at radius 3 is 3.30 bits per heavy atom. The summed E-state index contributed by atoms with van der Waals surface area (Å²) in [4.78, 5) is 14.7. The number of rotatable bonds is 0. The van der Waals surface area contributed by atoms with E-state index in [9.17, 15) is 4.79 Å². The number of imidazole rings is 1. The first-order valence-corrected chi connectivity index (χ1v) is 2.75. The molecule has 0 spiro atoms. The van der Waals surface area contributed by atoms with Crippen LogP contribution in [0, 0.1) is 0 Å². The fourth-order valence-corrected chi connectivity index (χ4v) is 0.771. The van der Waals surface area contributed by atoms with Gasteiger partial charge in [0.15, 0.2) is 0 Å². The van der Waals surface area contributed by atoms with Crippen LogP contribution >= 0.6 is 0 Å². The zero-order chi connectivity index (χ0) is 6.97. The summed E-state index contributed by atoms with van der Waals surface area (Å²) in [5.41, 5.74) is -0.175. The van der Waals surface area contributed by atoms with E-state index in [4.69, 9.17) is 0 Å². The maximum Gasteiger partial charge on any atom is 0.277 e. The van der Waals surface area contributed by atoms with Crippen LogP contribution in [0.25, 0.3) is 5.78 Å². The standard InChI is InChI=1S/C5H4N4O/c10-4-3-7-8-5-6-1-2-9(4)5/h1-3H,(H,6,8). The van der Waals surface area contributed by atoms with Gasteiger partial charge >= 0.3 is 0 Å². The van der Waals surface area contributed by atoms with E-state index in [1.807, 2.05) is 0 Å². The van der Waals surface area contributed by atoms with Crippen LogP contribution in [0.1, 0.15) is 0 Å². The molecule has 0 bridgehead atoms. The van der Waals surface area contributed by atoms with Crippen molar-refractivity contribution in [1.29, 1.82) is 0 Å². The Kier molecular flexibility index (Phi) is 0.858. The molecule has 0 aliphatic rings. The molecule has 2 rings (SSSR count). The molecule has 0 aliphatic carbocycles. The Labute approximate surface area is 55.3 Å². The summed E-state index contributed by atoms with van der Waals surface area (Å²) in [6, 6.07) is 0. The van der Waals surface area contributed by atoms with Crippen LogP contribution in [0.4, 0.5) is 0 Å². The highest BCUT2D eigenvalue weighted by Gasteiger charge is 1.93. The van der Waals surface area contributed by atoms with E-state index in [0.717, 1.165) is 0 Å². The lowest BCUT2D eigenvalue weighted by Gasteiger charge is -1.86. The summed E-state index contributed by atoms with van der Waals surface area (Å²) >= 11 is 0. The minimum Gasteiger partial charge on any atom is -0.267 e. The molecule has 1 N–H and O–H groups in total. The molecule has 0 saturated carbocycles. The Balaban J connectivity index is 3.09. The highest BCUT2D eigenvalue weighted by molar-refractivity contribution is 5.23. The van der Waals surface area contributed by atoms with Gasteiger partial charge in [0.1, 0.15) is 6.20 Å². The molecule has 10 heavy (non-hydrogen) atoms. The monoisotopic (exact) mass is 136 g/mol. The molecule has 0 aromatic carbocycles. The van der Waals surface area contributed by atoms with Crippen molar-refractivity contribution in [2.24, 2.45) is 0 Å². The molecule has 5 nitrogen and oxygen atoms in total. The predicted octanol–water partition coefficient (Wildman–Crippen LogP) is -0.582. The van der Waals surface area contributed by atoms with Gasteiger partial charge in [-0.3, -0.25) is 4.79 Å². The van der Waals surface area contributed by atoms with Gasteiger partial charge in [0.25, 0.3) is 5.56 Å². The lowest BCUT2D eigenvalue weighted by atomic mass is 10.8. The zero-order valence-electron chi connectivity index (χ0n) is 4.98. The summed E-state index contributed by atoms with van der Waals surface area (Å²) in [6.45, 7) is 0. The molecule has 2 heterocycles. The van der Waals surface area contributed by atoms with Gasteiger partial charge in [-0.05, 0) is 0 Å². The maximum atomic E-state index is 10.9. The molecule has 0 radical (unpaired) electrons. The lowest BCUT2D eigenvalue weighted by molar-refractivity contribution is 0.933. The fourth-order valence-electron chi connectivity index (χ4n) is 0.771. The van der Waals surface area contributed by atoms with E-state index >= 15 is 0 Å². The van der Waals surface area contributed by atoms with Crippen molar-refractivity contribution >= 4 is 5.78 Å². The second-order valence-electron chi connectivity index (χ2n) is 1.83. The van der Waals surface area contributed by atoms with Crippen LogP contribution in [0.2, 0.25) is 0 Å².